The van der Waals surface area contributed by atoms with Crippen LogP contribution in [0.1, 0.15) is 23.4 Å². The van der Waals surface area contributed by atoms with E-state index >= 15 is 0 Å². The van der Waals surface area contributed by atoms with Gasteiger partial charge in [-0.3, -0.25) is 4.99 Å². The molecule has 0 aliphatic heterocycles. The standard InChI is InChI=1S/C22H34N4O2S/c1-16(12-18-8-7-11-29-18)14-24-22(23-2)25-15-19(26(3)4)17-9-10-20(27-5)21(13-17)28-6/h7-11,13,16,19H,12,14-15H2,1-6H3,(H2,23,24,25). The van der Waals surface area contributed by atoms with Crippen molar-refractivity contribution in [3.63, 3.8) is 0 Å². The Kier molecular flexibility index (Phi) is 9.28. The lowest BCUT2D eigenvalue weighted by Gasteiger charge is -2.27. The molecule has 0 spiro atoms. The van der Waals surface area contributed by atoms with E-state index in [0.29, 0.717) is 5.92 Å². The van der Waals surface area contributed by atoms with Gasteiger partial charge in [0.1, 0.15) is 0 Å². The summed E-state index contributed by atoms with van der Waals surface area (Å²) in [7, 11) is 9.26. The molecule has 160 valence electrons. The minimum atomic E-state index is 0.164. The number of hydrogen-bond donors (Lipinski definition) is 2. The Morgan fingerprint density at radius 3 is 2.41 bits per heavy atom. The summed E-state index contributed by atoms with van der Waals surface area (Å²) in [6.07, 6.45) is 1.08. The monoisotopic (exact) mass is 418 g/mol. The van der Waals surface area contributed by atoms with Gasteiger partial charge in [0.05, 0.1) is 20.3 Å². The van der Waals surface area contributed by atoms with Crippen molar-refractivity contribution in [2.45, 2.75) is 19.4 Å². The summed E-state index contributed by atoms with van der Waals surface area (Å²) >= 11 is 1.81. The first-order valence-electron chi connectivity index (χ1n) is 9.83. The van der Waals surface area contributed by atoms with Gasteiger partial charge in [0.25, 0.3) is 0 Å². The molecule has 2 atom stereocenters. The number of nitrogens with one attached hydrogen (secondary N) is 2. The summed E-state index contributed by atoms with van der Waals surface area (Å²) in [5.74, 6) is 2.82. The maximum atomic E-state index is 5.46. The van der Waals surface area contributed by atoms with E-state index in [4.69, 9.17) is 9.47 Å². The van der Waals surface area contributed by atoms with Crippen molar-refractivity contribution >= 4 is 17.3 Å². The highest BCUT2D eigenvalue weighted by Crippen LogP contribution is 2.31. The van der Waals surface area contributed by atoms with Crippen molar-refractivity contribution in [2.75, 3.05) is 48.5 Å². The molecule has 7 heteroatoms. The lowest BCUT2D eigenvalue weighted by molar-refractivity contribution is 0.295. The van der Waals surface area contributed by atoms with Crippen LogP contribution in [0.3, 0.4) is 0 Å². The Morgan fingerprint density at radius 2 is 1.83 bits per heavy atom. The maximum Gasteiger partial charge on any atom is 0.191 e. The molecule has 2 aromatic rings. The molecule has 1 aromatic carbocycles. The number of likely N-dealkylation sites (N-methyl/N-ethyl adjacent to an activating group) is 1. The number of ether oxygens (including phenoxy) is 2. The van der Waals surface area contributed by atoms with E-state index in [0.717, 1.165) is 42.5 Å². The molecule has 29 heavy (non-hydrogen) atoms. The highest BCUT2D eigenvalue weighted by Gasteiger charge is 2.17. The predicted octanol–water partition coefficient (Wildman–Crippen LogP) is 3.41. The normalized spacial score (nSPS) is 13.8. The van der Waals surface area contributed by atoms with E-state index in [1.54, 1.807) is 21.3 Å². The number of guanidine groups is 1. The number of nitrogens with zero attached hydrogens (tertiary/aromatic N) is 2. The summed E-state index contributed by atoms with van der Waals surface area (Å²) in [4.78, 5) is 7.98. The zero-order valence-corrected chi connectivity index (χ0v) is 19.2. The molecule has 0 radical (unpaired) electrons. The summed E-state index contributed by atoms with van der Waals surface area (Å²) in [6.45, 7) is 3.86. The largest absolute Gasteiger partial charge is 0.493 e. The van der Waals surface area contributed by atoms with E-state index in [9.17, 15) is 0 Å². The van der Waals surface area contributed by atoms with Gasteiger partial charge in [0.2, 0.25) is 0 Å². The zero-order chi connectivity index (χ0) is 21.2. The van der Waals surface area contributed by atoms with E-state index < -0.39 is 0 Å². The molecule has 6 nitrogen and oxygen atoms in total. The Bertz CT molecular complexity index is 762. The summed E-state index contributed by atoms with van der Waals surface area (Å²) < 4.78 is 10.8. The molecule has 0 fully saturated rings. The summed E-state index contributed by atoms with van der Waals surface area (Å²) in [6, 6.07) is 10.5. The molecule has 0 bridgehead atoms. The molecule has 2 rings (SSSR count). The van der Waals surface area contributed by atoms with Crippen molar-refractivity contribution in [2.24, 2.45) is 10.9 Å². The second-order valence-electron chi connectivity index (χ2n) is 7.32. The number of benzene rings is 1. The van der Waals surface area contributed by atoms with E-state index in [1.165, 1.54) is 4.88 Å². The number of methoxy groups -OCH3 is 2. The van der Waals surface area contributed by atoms with Crippen LogP contribution in [0.4, 0.5) is 0 Å². The van der Waals surface area contributed by atoms with Gasteiger partial charge in [0.15, 0.2) is 17.5 Å². The van der Waals surface area contributed by atoms with Crippen molar-refractivity contribution in [1.82, 2.24) is 15.5 Å². The maximum absolute atomic E-state index is 5.46. The number of aliphatic imine (C=N–C) groups is 1. The molecule has 1 aromatic heterocycles. The zero-order valence-electron chi connectivity index (χ0n) is 18.4. The molecule has 0 aliphatic rings. The minimum Gasteiger partial charge on any atom is -0.493 e. The van der Waals surface area contributed by atoms with Crippen LogP contribution in [0, 0.1) is 5.92 Å². The van der Waals surface area contributed by atoms with Gasteiger partial charge in [-0.15, -0.1) is 11.3 Å². The fourth-order valence-electron chi connectivity index (χ4n) is 3.19. The number of thiophene rings is 1. The lowest BCUT2D eigenvalue weighted by atomic mass is 10.1. The van der Waals surface area contributed by atoms with Gasteiger partial charge >= 0.3 is 0 Å². The Morgan fingerprint density at radius 1 is 1.10 bits per heavy atom. The Hall–Kier alpha value is -2.25. The SMILES string of the molecule is CN=C(NCC(C)Cc1cccs1)NCC(c1ccc(OC)c(OC)c1)N(C)C. The highest BCUT2D eigenvalue weighted by molar-refractivity contribution is 7.09. The molecular weight excluding hydrogens is 384 g/mol. The van der Waals surface area contributed by atoms with Crippen LogP contribution >= 0.6 is 11.3 Å². The van der Waals surface area contributed by atoms with E-state index in [1.807, 2.05) is 23.5 Å². The van der Waals surface area contributed by atoms with Crippen molar-refractivity contribution < 1.29 is 9.47 Å². The third-order valence-electron chi connectivity index (χ3n) is 4.85. The van der Waals surface area contributed by atoms with Crippen LogP contribution in [0.15, 0.2) is 40.7 Å². The smallest absolute Gasteiger partial charge is 0.191 e. The second kappa shape index (κ2) is 11.7. The molecule has 0 aliphatic carbocycles. The van der Waals surface area contributed by atoms with Crippen LogP contribution in [0.25, 0.3) is 0 Å². The summed E-state index contributed by atoms with van der Waals surface area (Å²) in [5, 5.41) is 9.04. The molecule has 1 heterocycles. The minimum absolute atomic E-state index is 0.164. The predicted molar refractivity (Wildman–Crippen MR) is 123 cm³/mol. The molecule has 0 saturated heterocycles. The number of rotatable bonds is 10. The molecule has 0 saturated carbocycles. The molecular formula is C22H34N4O2S. The van der Waals surface area contributed by atoms with Crippen LogP contribution in [0.5, 0.6) is 11.5 Å². The quantitative estimate of drug-likeness (QED) is 0.457. The Balaban J connectivity index is 1.94. The Labute approximate surface area is 178 Å². The first kappa shape index (κ1) is 23.0. The number of hydrogen-bond acceptors (Lipinski definition) is 5. The summed E-state index contributed by atoms with van der Waals surface area (Å²) in [5.41, 5.74) is 1.15. The molecule has 2 N–H and O–H groups in total. The van der Waals surface area contributed by atoms with Crippen LogP contribution in [0.2, 0.25) is 0 Å². The van der Waals surface area contributed by atoms with Gasteiger partial charge in [-0.1, -0.05) is 19.1 Å². The van der Waals surface area contributed by atoms with E-state index in [-0.39, 0.29) is 6.04 Å². The lowest BCUT2D eigenvalue weighted by Crippen LogP contribution is -2.43. The topological polar surface area (TPSA) is 58.1 Å². The van der Waals surface area contributed by atoms with Crippen molar-refractivity contribution in [1.29, 1.82) is 0 Å². The average molecular weight is 419 g/mol. The van der Waals surface area contributed by atoms with Crippen LogP contribution < -0.4 is 20.1 Å². The fourth-order valence-corrected chi connectivity index (χ4v) is 4.06. The van der Waals surface area contributed by atoms with Gasteiger partial charge in [-0.25, -0.2) is 0 Å². The first-order chi connectivity index (χ1) is 14.0. The fraction of sp³-hybridized carbons (Fsp3) is 0.500. The first-order valence-corrected chi connectivity index (χ1v) is 10.7. The van der Waals surface area contributed by atoms with Gasteiger partial charge in [0, 0.05) is 25.0 Å². The third-order valence-corrected chi connectivity index (χ3v) is 5.75. The van der Waals surface area contributed by atoms with Gasteiger partial charge in [-0.2, -0.15) is 0 Å². The van der Waals surface area contributed by atoms with Crippen molar-refractivity contribution in [3.05, 3.63) is 46.2 Å². The van der Waals surface area contributed by atoms with Gasteiger partial charge in [-0.05, 0) is 55.6 Å². The highest BCUT2D eigenvalue weighted by atomic mass is 32.1. The van der Waals surface area contributed by atoms with Crippen molar-refractivity contribution in [3.8, 4) is 11.5 Å². The van der Waals surface area contributed by atoms with E-state index in [2.05, 4.69) is 65.1 Å². The second-order valence-corrected chi connectivity index (χ2v) is 8.35. The third kappa shape index (κ3) is 6.94. The van der Waals surface area contributed by atoms with Gasteiger partial charge < -0.3 is 25.0 Å². The van der Waals surface area contributed by atoms with Crippen LogP contribution in [-0.4, -0.2) is 59.3 Å². The van der Waals surface area contributed by atoms with Crippen LogP contribution in [-0.2, 0) is 6.42 Å². The molecule has 2 unspecified atom stereocenters. The molecule has 0 amide bonds. The average Bonchev–Trinajstić information content (AvgIpc) is 3.22.